The van der Waals surface area contributed by atoms with Gasteiger partial charge in [0.25, 0.3) is 0 Å². The molecule has 1 aromatic carbocycles. The first-order valence-corrected chi connectivity index (χ1v) is 5.87. The maximum Gasteiger partial charge on any atom is 0.319 e. The van der Waals surface area contributed by atoms with E-state index in [9.17, 15) is 9.59 Å². The zero-order valence-corrected chi connectivity index (χ0v) is 9.94. The summed E-state index contributed by atoms with van der Waals surface area (Å²) in [6.07, 6.45) is 2.20. The molecule has 2 rings (SSSR count). The van der Waals surface area contributed by atoms with Gasteiger partial charge in [-0.05, 0) is 25.3 Å². The molecule has 3 nitrogen and oxygen atoms in total. The third kappa shape index (κ3) is 2.23. The van der Waals surface area contributed by atoms with Crippen molar-refractivity contribution in [3.05, 3.63) is 35.9 Å². The van der Waals surface area contributed by atoms with Gasteiger partial charge in [-0.2, -0.15) is 0 Å². The second-order valence-electron chi connectivity index (χ2n) is 4.55. The van der Waals surface area contributed by atoms with E-state index >= 15 is 0 Å². The lowest BCUT2D eigenvalue weighted by Gasteiger charge is -2.36. The maximum atomic E-state index is 11.9. The normalized spacial score (nSPS) is 17.0. The van der Waals surface area contributed by atoms with Gasteiger partial charge in [-0.25, -0.2) is 0 Å². The molecule has 90 valence electrons. The number of esters is 1. The average Bonchev–Trinajstić information content (AvgIpc) is 2.25. The van der Waals surface area contributed by atoms with Crippen LogP contribution in [0.3, 0.4) is 0 Å². The van der Waals surface area contributed by atoms with Gasteiger partial charge >= 0.3 is 5.97 Å². The molecule has 0 N–H and O–H groups in total. The molecule has 0 heterocycles. The van der Waals surface area contributed by atoms with Crippen LogP contribution in [0.25, 0.3) is 0 Å². The van der Waals surface area contributed by atoms with Crippen molar-refractivity contribution in [3.8, 4) is 0 Å². The summed E-state index contributed by atoms with van der Waals surface area (Å²) < 4.78 is 5.24. The van der Waals surface area contributed by atoms with Gasteiger partial charge in [-0.3, -0.25) is 9.59 Å². The van der Waals surface area contributed by atoms with E-state index < -0.39 is 5.41 Å². The SMILES string of the molecule is CC(=O)C1(C(=O)OCc2ccccc2)CCC1. The average molecular weight is 232 g/mol. The van der Waals surface area contributed by atoms with Crippen molar-refractivity contribution in [1.29, 1.82) is 0 Å². The molecule has 1 aromatic rings. The molecule has 3 heteroatoms. The molecule has 1 aliphatic rings. The minimum Gasteiger partial charge on any atom is -0.460 e. The van der Waals surface area contributed by atoms with E-state index in [2.05, 4.69) is 0 Å². The summed E-state index contributed by atoms with van der Waals surface area (Å²) >= 11 is 0. The summed E-state index contributed by atoms with van der Waals surface area (Å²) in [4.78, 5) is 23.4. The molecule has 0 aromatic heterocycles. The minimum atomic E-state index is -0.839. The highest BCUT2D eigenvalue weighted by molar-refractivity contribution is 6.03. The molecule has 0 aliphatic heterocycles. The molecule has 1 saturated carbocycles. The van der Waals surface area contributed by atoms with Gasteiger partial charge in [0.2, 0.25) is 0 Å². The fraction of sp³-hybridized carbons (Fsp3) is 0.429. The Balaban J connectivity index is 1.96. The summed E-state index contributed by atoms with van der Waals surface area (Å²) in [7, 11) is 0. The van der Waals surface area contributed by atoms with Gasteiger partial charge in [0.15, 0.2) is 0 Å². The molecule has 1 fully saturated rings. The topological polar surface area (TPSA) is 43.4 Å². The molecule has 0 amide bonds. The molecule has 0 unspecified atom stereocenters. The van der Waals surface area contributed by atoms with Crippen LogP contribution >= 0.6 is 0 Å². The Morgan fingerprint density at radius 3 is 2.35 bits per heavy atom. The maximum absolute atomic E-state index is 11.9. The quantitative estimate of drug-likeness (QED) is 0.591. The number of hydrogen-bond donors (Lipinski definition) is 0. The molecular weight excluding hydrogens is 216 g/mol. The Hall–Kier alpha value is -1.64. The highest BCUT2D eigenvalue weighted by Crippen LogP contribution is 2.42. The van der Waals surface area contributed by atoms with Crippen LogP contribution in [0.5, 0.6) is 0 Å². The number of carbonyl (C=O) groups excluding carboxylic acids is 2. The number of ketones is 1. The Labute approximate surface area is 101 Å². The van der Waals surface area contributed by atoms with Crippen LogP contribution in [0.15, 0.2) is 30.3 Å². The third-order valence-corrected chi connectivity index (χ3v) is 3.48. The fourth-order valence-corrected chi connectivity index (χ4v) is 2.09. The molecule has 0 atom stereocenters. The van der Waals surface area contributed by atoms with Gasteiger partial charge in [-0.15, -0.1) is 0 Å². The van der Waals surface area contributed by atoms with Crippen LogP contribution in [0, 0.1) is 5.41 Å². The standard InChI is InChI=1S/C14H16O3/c1-11(15)14(8-5-9-14)13(16)17-10-12-6-3-2-4-7-12/h2-4,6-7H,5,8-10H2,1H3. The summed E-state index contributed by atoms with van der Waals surface area (Å²) in [5.74, 6) is -0.429. The molecule has 0 spiro atoms. The van der Waals surface area contributed by atoms with Crippen LogP contribution in [-0.4, -0.2) is 11.8 Å². The van der Waals surface area contributed by atoms with Crippen LogP contribution in [0.2, 0.25) is 0 Å². The van der Waals surface area contributed by atoms with Crippen molar-refractivity contribution in [2.24, 2.45) is 5.41 Å². The second kappa shape index (κ2) is 4.70. The Kier molecular flexibility index (Phi) is 3.27. The molecule has 1 aliphatic carbocycles. The van der Waals surface area contributed by atoms with Crippen molar-refractivity contribution in [3.63, 3.8) is 0 Å². The van der Waals surface area contributed by atoms with Crippen LogP contribution in [0.4, 0.5) is 0 Å². The summed E-state index contributed by atoms with van der Waals surface area (Å²) in [6.45, 7) is 1.72. The predicted molar refractivity (Wildman–Crippen MR) is 63.2 cm³/mol. The van der Waals surface area contributed by atoms with Crippen molar-refractivity contribution < 1.29 is 14.3 Å². The smallest absolute Gasteiger partial charge is 0.319 e. The zero-order valence-electron chi connectivity index (χ0n) is 9.94. The Bertz CT molecular complexity index is 418. The number of benzene rings is 1. The fourth-order valence-electron chi connectivity index (χ4n) is 2.09. The lowest BCUT2D eigenvalue weighted by Crippen LogP contribution is -2.45. The van der Waals surface area contributed by atoms with Gasteiger partial charge in [0.05, 0.1) is 0 Å². The molecule has 0 radical (unpaired) electrons. The van der Waals surface area contributed by atoms with E-state index in [1.54, 1.807) is 0 Å². The zero-order chi connectivity index (χ0) is 12.3. The first kappa shape index (κ1) is 11.8. The minimum absolute atomic E-state index is 0.0678. The van der Waals surface area contributed by atoms with Crippen LogP contribution in [0.1, 0.15) is 31.7 Å². The lowest BCUT2D eigenvalue weighted by molar-refractivity contribution is -0.167. The summed E-state index contributed by atoms with van der Waals surface area (Å²) in [6, 6.07) is 9.50. The van der Waals surface area contributed by atoms with E-state index in [1.807, 2.05) is 30.3 Å². The summed E-state index contributed by atoms with van der Waals surface area (Å²) in [5, 5.41) is 0. The molecule has 0 saturated heterocycles. The number of carbonyl (C=O) groups is 2. The van der Waals surface area contributed by atoms with Crippen molar-refractivity contribution in [2.75, 3.05) is 0 Å². The third-order valence-electron chi connectivity index (χ3n) is 3.48. The van der Waals surface area contributed by atoms with Crippen molar-refractivity contribution in [2.45, 2.75) is 32.8 Å². The monoisotopic (exact) mass is 232 g/mol. The van der Waals surface area contributed by atoms with Gasteiger partial charge in [0.1, 0.15) is 17.8 Å². The largest absolute Gasteiger partial charge is 0.460 e. The van der Waals surface area contributed by atoms with Crippen LogP contribution < -0.4 is 0 Å². The first-order valence-electron chi connectivity index (χ1n) is 5.87. The molecule has 0 bridgehead atoms. The number of hydrogen-bond acceptors (Lipinski definition) is 3. The first-order chi connectivity index (χ1) is 8.15. The Morgan fingerprint density at radius 2 is 1.88 bits per heavy atom. The lowest BCUT2D eigenvalue weighted by atomic mass is 9.66. The van der Waals surface area contributed by atoms with E-state index in [4.69, 9.17) is 4.74 Å². The van der Waals surface area contributed by atoms with Crippen molar-refractivity contribution in [1.82, 2.24) is 0 Å². The number of Topliss-reactive ketones (excluding diaryl/α,β-unsaturated/α-hetero) is 1. The van der Waals surface area contributed by atoms with Crippen LogP contribution in [-0.2, 0) is 20.9 Å². The summed E-state index contributed by atoms with van der Waals surface area (Å²) in [5.41, 5.74) is 0.105. The van der Waals surface area contributed by atoms with Gasteiger partial charge in [-0.1, -0.05) is 36.8 Å². The van der Waals surface area contributed by atoms with Gasteiger partial charge < -0.3 is 4.74 Å². The highest BCUT2D eigenvalue weighted by Gasteiger charge is 2.49. The number of ether oxygens (including phenoxy) is 1. The van der Waals surface area contributed by atoms with E-state index in [0.29, 0.717) is 12.8 Å². The highest BCUT2D eigenvalue weighted by atomic mass is 16.5. The molecule has 17 heavy (non-hydrogen) atoms. The van der Waals surface area contributed by atoms with Gasteiger partial charge in [0, 0.05) is 0 Å². The van der Waals surface area contributed by atoms with Crippen molar-refractivity contribution >= 4 is 11.8 Å². The van der Waals surface area contributed by atoms with E-state index in [0.717, 1.165) is 12.0 Å². The van der Waals surface area contributed by atoms with E-state index in [-0.39, 0.29) is 18.4 Å². The second-order valence-corrected chi connectivity index (χ2v) is 4.55. The predicted octanol–water partition coefficient (Wildman–Crippen LogP) is 2.49. The molecular formula is C14H16O3. The Morgan fingerprint density at radius 1 is 1.24 bits per heavy atom. The number of rotatable bonds is 4. The van der Waals surface area contributed by atoms with E-state index in [1.165, 1.54) is 6.92 Å².